The number of halogens is 1. The maximum absolute atomic E-state index is 12.8. The van der Waals surface area contributed by atoms with E-state index < -0.39 is 23.3 Å². The van der Waals surface area contributed by atoms with Crippen LogP contribution in [0.5, 0.6) is 0 Å². The summed E-state index contributed by atoms with van der Waals surface area (Å²) in [6, 6.07) is 0. The number of rotatable bonds is 3. The highest BCUT2D eigenvalue weighted by atomic mass is 19.1. The highest BCUT2D eigenvalue weighted by molar-refractivity contribution is 4.87. The number of nitrogens with zero attached hydrogens (tertiary/aromatic N) is 1. The second kappa shape index (κ2) is 4.19. The van der Waals surface area contributed by atoms with E-state index in [1.807, 2.05) is 4.98 Å². The molecule has 0 bridgehead atoms. The third-order valence-electron chi connectivity index (χ3n) is 1.72. The lowest BCUT2D eigenvalue weighted by molar-refractivity contribution is 0.0205. The SMILES string of the molecule is CCOC(C)n1cc(F)c(=O)[nH]c1=O. The van der Waals surface area contributed by atoms with Crippen molar-refractivity contribution in [3.8, 4) is 0 Å². The maximum atomic E-state index is 12.8. The molecule has 0 fully saturated rings. The van der Waals surface area contributed by atoms with Gasteiger partial charge in [0.1, 0.15) is 6.23 Å². The molecule has 1 aromatic heterocycles. The molecule has 1 atom stereocenters. The van der Waals surface area contributed by atoms with Crippen LogP contribution >= 0.6 is 0 Å². The van der Waals surface area contributed by atoms with E-state index in [0.29, 0.717) is 6.61 Å². The van der Waals surface area contributed by atoms with Crippen molar-refractivity contribution in [2.75, 3.05) is 6.61 Å². The van der Waals surface area contributed by atoms with Crippen molar-refractivity contribution >= 4 is 0 Å². The Balaban J connectivity index is 3.16. The second-order valence-corrected chi connectivity index (χ2v) is 2.70. The van der Waals surface area contributed by atoms with E-state index in [1.165, 1.54) is 0 Å². The largest absolute Gasteiger partial charge is 0.358 e. The number of hydrogen-bond acceptors (Lipinski definition) is 3. The Hall–Kier alpha value is -1.43. The molecule has 1 heterocycles. The predicted molar refractivity (Wildman–Crippen MR) is 47.6 cm³/mol. The van der Waals surface area contributed by atoms with Crippen molar-refractivity contribution in [1.29, 1.82) is 0 Å². The first-order chi connectivity index (χ1) is 6.56. The molecule has 0 aliphatic heterocycles. The third-order valence-corrected chi connectivity index (χ3v) is 1.72. The van der Waals surface area contributed by atoms with Crippen LogP contribution in [0, 0.1) is 5.82 Å². The smallest absolute Gasteiger partial charge is 0.330 e. The van der Waals surface area contributed by atoms with Crippen LogP contribution in [0.15, 0.2) is 15.8 Å². The first kappa shape index (κ1) is 10.6. The van der Waals surface area contributed by atoms with Gasteiger partial charge in [-0.2, -0.15) is 4.39 Å². The van der Waals surface area contributed by atoms with Crippen molar-refractivity contribution in [3.63, 3.8) is 0 Å². The fourth-order valence-corrected chi connectivity index (χ4v) is 1.05. The van der Waals surface area contributed by atoms with Crippen molar-refractivity contribution in [2.45, 2.75) is 20.1 Å². The zero-order chi connectivity index (χ0) is 10.7. The summed E-state index contributed by atoms with van der Waals surface area (Å²) in [5, 5.41) is 0. The van der Waals surface area contributed by atoms with E-state index in [-0.39, 0.29) is 0 Å². The van der Waals surface area contributed by atoms with Crippen LogP contribution in [0.2, 0.25) is 0 Å². The Kier molecular flexibility index (Phi) is 3.19. The quantitative estimate of drug-likeness (QED) is 0.763. The minimum Gasteiger partial charge on any atom is -0.358 e. The highest BCUT2D eigenvalue weighted by Gasteiger charge is 2.09. The minimum atomic E-state index is -1.02. The lowest BCUT2D eigenvalue weighted by Crippen LogP contribution is -2.33. The summed E-state index contributed by atoms with van der Waals surface area (Å²) in [5.74, 6) is -1.00. The van der Waals surface area contributed by atoms with Crippen LogP contribution in [0.25, 0.3) is 0 Å². The van der Waals surface area contributed by atoms with Gasteiger partial charge in [-0.1, -0.05) is 0 Å². The van der Waals surface area contributed by atoms with Gasteiger partial charge in [0.05, 0.1) is 6.20 Å². The Morgan fingerprint density at radius 2 is 2.29 bits per heavy atom. The van der Waals surface area contributed by atoms with Gasteiger partial charge < -0.3 is 4.74 Å². The monoisotopic (exact) mass is 202 g/mol. The molecule has 78 valence electrons. The molecule has 0 saturated carbocycles. The minimum absolute atomic E-state index is 0.397. The molecule has 0 aromatic carbocycles. The molecule has 6 heteroatoms. The first-order valence-corrected chi connectivity index (χ1v) is 4.18. The fraction of sp³-hybridized carbons (Fsp3) is 0.500. The van der Waals surface area contributed by atoms with Crippen LogP contribution in [-0.4, -0.2) is 16.2 Å². The summed E-state index contributed by atoms with van der Waals surface area (Å²) in [5.41, 5.74) is -1.70. The number of hydrogen-bond donors (Lipinski definition) is 1. The topological polar surface area (TPSA) is 64.1 Å². The van der Waals surface area contributed by atoms with E-state index in [4.69, 9.17) is 4.74 Å². The van der Waals surface area contributed by atoms with E-state index >= 15 is 0 Å². The maximum Gasteiger partial charge on any atom is 0.330 e. The zero-order valence-electron chi connectivity index (χ0n) is 7.91. The number of H-pyrrole nitrogens is 1. The van der Waals surface area contributed by atoms with Gasteiger partial charge in [0.15, 0.2) is 0 Å². The Morgan fingerprint density at radius 1 is 1.64 bits per heavy atom. The molecule has 0 spiro atoms. The van der Waals surface area contributed by atoms with E-state index in [0.717, 1.165) is 10.8 Å². The standard InChI is InChI=1S/C8H11FN2O3/c1-3-14-5(2)11-4-6(9)7(12)10-8(11)13/h4-5H,3H2,1-2H3,(H,10,12,13). The third kappa shape index (κ3) is 2.08. The van der Waals surface area contributed by atoms with E-state index in [9.17, 15) is 14.0 Å². The van der Waals surface area contributed by atoms with Crippen LogP contribution in [0.4, 0.5) is 4.39 Å². The average molecular weight is 202 g/mol. The number of aromatic nitrogens is 2. The summed E-state index contributed by atoms with van der Waals surface area (Å²) in [6.45, 7) is 3.74. The van der Waals surface area contributed by atoms with Gasteiger partial charge in [0.25, 0.3) is 5.56 Å². The molecule has 0 amide bonds. The molecule has 0 radical (unpaired) electrons. The molecule has 1 rings (SSSR count). The van der Waals surface area contributed by atoms with Gasteiger partial charge in [0, 0.05) is 6.61 Å². The van der Waals surface area contributed by atoms with E-state index in [1.54, 1.807) is 13.8 Å². The summed E-state index contributed by atoms with van der Waals surface area (Å²) < 4.78 is 18.9. The molecule has 0 aliphatic rings. The second-order valence-electron chi connectivity index (χ2n) is 2.70. The Labute approximate surface area is 79.1 Å². The fourth-order valence-electron chi connectivity index (χ4n) is 1.05. The predicted octanol–water partition coefficient (Wildman–Crippen LogP) is 0.231. The molecule has 14 heavy (non-hydrogen) atoms. The van der Waals surface area contributed by atoms with Crippen LogP contribution in [0.3, 0.4) is 0 Å². The summed E-state index contributed by atoms with van der Waals surface area (Å²) in [7, 11) is 0. The van der Waals surface area contributed by atoms with Gasteiger partial charge in [-0.3, -0.25) is 14.3 Å². The highest BCUT2D eigenvalue weighted by Crippen LogP contribution is 2.02. The summed E-state index contributed by atoms with van der Waals surface area (Å²) >= 11 is 0. The normalized spacial score (nSPS) is 12.8. The lowest BCUT2D eigenvalue weighted by atomic mass is 10.5. The van der Waals surface area contributed by atoms with Gasteiger partial charge in [-0.05, 0) is 13.8 Å². The van der Waals surface area contributed by atoms with E-state index in [2.05, 4.69) is 0 Å². The molecule has 5 nitrogen and oxygen atoms in total. The molecule has 1 N–H and O–H groups in total. The Bertz CT molecular complexity index is 423. The summed E-state index contributed by atoms with van der Waals surface area (Å²) in [4.78, 5) is 23.7. The van der Waals surface area contributed by atoms with Gasteiger partial charge in [-0.25, -0.2) is 4.79 Å². The zero-order valence-corrected chi connectivity index (χ0v) is 7.91. The number of nitrogens with one attached hydrogen (secondary N) is 1. The molecule has 0 aliphatic carbocycles. The van der Waals surface area contributed by atoms with Crippen molar-refractivity contribution in [2.24, 2.45) is 0 Å². The molecular formula is C8H11FN2O3. The number of ether oxygens (including phenoxy) is 1. The average Bonchev–Trinajstić information content (AvgIpc) is 2.11. The van der Waals surface area contributed by atoms with Crippen molar-refractivity contribution in [1.82, 2.24) is 9.55 Å². The van der Waals surface area contributed by atoms with Crippen molar-refractivity contribution < 1.29 is 9.13 Å². The Morgan fingerprint density at radius 3 is 2.86 bits per heavy atom. The summed E-state index contributed by atoms with van der Waals surface area (Å²) in [6.07, 6.45) is 0.237. The lowest BCUT2D eigenvalue weighted by Gasteiger charge is -2.13. The molecular weight excluding hydrogens is 191 g/mol. The number of aromatic amines is 1. The van der Waals surface area contributed by atoms with Gasteiger partial charge >= 0.3 is 5.69 Å². The molecule has 0 saturated heterocycles. The first-order valence-electron chi connectivity index (χ1n) is 4.18. The molecule has 1 aromatic rings. The van der Waals surface area contributed by atoms with Crippen LogP contribution in [-0.2, 0) is 4.74 Å². The van der Waals surface area contributed by atoms with Crippen molar-refractivity contribution in [3.05, 3.63) is 32.9 Å². The van der Waals surface area contributed by atoms with Gasteiger partial charge in [-0.15, -0.1) is 0 Å². The van der Waals surface area contributed by atoms with Crippen LogP contribution in [0.1, 0.15) is 20.1 Å². The molecule has 1 unspecified atom stereocenters. The van der Waals surface area contributed by atoms with Crippen LogP contribution < -0.4 is 11.2 Å². The van der Waals surface area contributed by atoms with Gasteiger partial charge in [0.2, 0.25) is 5.82 Å².